The van der Waals surface area contributed by atoms with Gasteiger partial charge in [-0.1, -0.05) is 6.42 Å². The Balaban J connectivity index is 1.71. The molecule has 1 aromatic heterocycles. The van der Waals surface area contributed by atoms with Crippen LogP contribution in [0.2, 0.25) is 0 Å². The molecule has 0 radical (unpaired) electrons. The Morgan fingerprint density at radius 1 is 1.23 bits per heavy atom. The maximum Gasteiger partial charge on any atom is 0.225 e. The molecule has 1 saturated carbocycles. The fourth-order valence-electron chi connectivity index (χ4n) is 3.13. The third kappa shape index (κ3) is 2.92. The smallest absolute Gasteiger partial charge is 0.225 e. The van der Waals surface area contributed by atoms with Crippen molar-refractivity contribution < 1.29 is 4.79 Å². The molecule has 0 unspecified atom stereocenters. The van der Waals surface area contributed by atoms with Gasteiger partial charge in [0.05, 0.1) is 5.56 Å². The van der Waals surface area contributed by atoms with E-state index in [9.17, 15) is 10.1 Å². The molecule has 2 aliphatic rings. The average Bonchev–Trinajstić information content (AvgIpc) is 2.71. The lowest BCUT2D eigenvalue weighted by Crippen LogP contribution is -2.41. The predicted molar refractivity (Wildman–Crippen MR) is 84.4 cm³/mol. The summed E-state index contributed by atoms with van der Waals surface area (Å²) in [5.41, 5.74) is 1.53. The molecule has 5 heteroatoms. The van der Waals surface area contributed by atoms with Crippen LogP contribution >= 0.6 is 0 Å². The Bertz CT molecular complexity index is 603. The highest BCUT2D eigenvalue weighted by atomic mass is 16.2. The molecule has 1 saturated heterocycles. The molecule has 1 amide bonds. The molecular formula is C17H22N4O. The molecule has 0 aromatic carbocycles. The normalized spacial score (nSPS) is 19.3. The molecule has 1 aliphatic heterocycles. The van der Waals surface area contributed by atoms with Gasteiger partial charge < -0.3 is 9.80 Å². The molecule has 116 valence electrons. The summed E-state index contributed by atoms with van der Waals surface area (Å²) in [5.74, 6) is 1.35. The number of carbonyl (C=O) groups excluding carboxylic acids is 1. The second-order valence-corrected chi connectivity index (χ2v) is 6.23. The van der Waals surface area contributed by atoms with Gasteiger partial charge in [0.2, 0.25) is 5.91 Å². The molecule has 2 fully saturated rings. The first-order valence-electron chi connectivity index (χ1n) is 8.10. The summed E-state index contributed by atoms with van der Waals surface area (Å²) in [6.45, 7) is 5.09. The van der Waals surface area contributed by atoms with Crippen molar-refractivity contribution in [3.05, 3.63) is 23.4 Å². The van der Waals surface area contributed by atoms with E-state index in [0.717, 1.165) is 57.0 Å². The zero-order valence-corrected chi connectivity index (χ0v) is 13.1. The molecule has 1 aliphatic carbocycles. The molecule has 2 heterocycles. The number of hydrogen-bond donors (Lipinski definition) is 0. The summed E-state index contributed by atoms with van der Waals surface area (Å²) < 4.78 is 0. The molecule has 1 aromatic rings. The van der Waals surface area contributed by atoms with Crippen LogP contribution in [0.25, 0.3) is 0 Å². The Kier molecular flexibility index (Phi) is 4.28. The van der Waals surface area contributed by atoms with Gasteiger partial charge in [-0.2, -0.15) is 5.26 Å². The summed E-state index contributed by atoms with van der Waals surface area (Å²) in [6.07, 6.45) is 4.22. The zero-order valence-electron chi connectivity index (χ0n) is 13.1. The number of anilines is 1. The van der Waals surface area contributed by atoms with Crippen LogP contribution in [0.1, 0.15) is 36.9 Å². The van der Waals surface area contributed by atoms with Crippen LogP contribution in [0, 0.1) is 24.2 Å². The molecule has 3 rings (SSSR count). The number of aryl methyl sites for hydroxylation is 1. The topological polar surface area (TPSA) is 60.2 Å². The lowest BCUT2D eigenvalue weighted by Gasteiger charge is -2.31. The summed E-state index contributed by atoms with van der Waals surface area (Å²) >= 11 is 0. The van der Waals surface area contributed by atoms with Crippen LogP contribution in [-0.2, 0) is 4.79 Å². The fourth-order valence-corrected chi connectivity index (χ4v) is 3.13. The van der Waals surface area contributed by atoms with Crippen LogP contribution in [0.15, 0.2) is 12.1 Å². The number of nitriles is 1. The first-order valence-corrected chi connectivity index (χ1v) is 8.10. The summed E-state index contributed by atoms with van der Waals surface area (Å²) in [4.78, 5) is 21.1. The van der Waals surface area contributed by atoms with E-state index in [0.29, 0.717) is 11.5 Å². The lowest BCUT2D eigenvalue weighted by molar-refractivity contribution is -0.137. The Hall–Kier alpha value is -2.09. The molecular weight excluding hydrogens is 276 g/mol. The largest absolute Gasteiger partial charge is 0.354 e. The molecule has 22 heavy (non-hydrogen) atoms. The van der Waals surface area contributed by atoms with Crippen LogP contribution in [0.3, 0.4) is 0 Å². The summed E-state index contributed by atoms with van der Waals surface area (Å²) in [7, 11) is 0. The minimum atomic E-state index is 0.262. The molecule has 0 spiro atoms. The fraction of sp³-hybridized carbons (Fsp3) is 0.588. The van der Waals surface area contributed by atoms with E-state index in [4.69, 9.17) is 0 Å². The van der Waals surface area contributed by atoms with Gasteiger partial charge in [0.15, 0.2) is 0 Å². The Morgan fingerprint density at radius 3 is 2.73 bits per heavy atom. The molecule has 0 bridgehead atoms. The number of nitrogens with zero attached hydrogens (tertiary/aromatic N) is 4. The van der Waals surface area contributed by atoms with Crippen molar-refractivity contribution in [1.82, 2.24) is 9.88 Å². The highest BCUT2D eigenvalue weighted by molar-refractivity contribution is 5.79. The number of rotatable bonds is 2. The third-order valence-corrected chi connectivity index (χ3v) is 4.70. The Labute approximate surface area is 131 Å². The van der Waals surface area contributed by atoms with E-state index in [1.807, 2.05) is 24.0 Å². The highest BCUT2D eigenvalue weighted by Crippen LogP contribution is 2.29. The number of aromatic nitrogens is 1. The predicted octanol–water partition coefficient (Wildman–Crippen LogP) is 2.10. The van der Waals surface area contributed by atoms with Crippen molar-refractivity contribution in [2.45, 2.75) is 32.6 Å². The lowest BCUT2D eigenvalue weighted by atomic mass is 9.84. The summed E-state index contributed by atoms with van der Waals surface area (Å²) in [6, 6.07) is 5.93. The van der Waals surface area contributed by atoms with Gasteiger partial charge in [-0.25, -0.2) is 4.98 Å². The number of hydrogen-bond acceptors (Lipinski definition) is 4. The van der Waals surface area contributed by atoms with Crippen molar-refractivity contribution in [3.8, 4) is 6.07 Å². The van der Waals surface area contributed by atoms with Crippen molar-refractivity contribution in [2.24, 2.45) is 5.92 Å². The van der Waals surface area contributed by atoms with Crippen molar-refractivity contribution in [2.75, 3.05) is 31.1 Å². The van der Waals surface area contributed by atoms with Crippen LogP contribution in [-0.4, -0.2) is 42.0 Å². The molecule has 5 nitrogen and oxygen atoms in total. The van der Waals surface area contributed by atoms with E-state index in [1.165, 1.54) is 6.42 Å². The van der Waals surface area contributed by atoms with Crippen molar-refractivity contribution in [1.29, 1.82) is 5.26 Å². The molecule has 0 atom stereocenters. The number of pyridine rings is 1. The van der Waals surface area contributed by atoms with E-state index >= 15 is 0 Å². The minimum absolute atomic E-state index is 0.262. The third-order valence-electron chi connectivity index (χ3n) is 4.70. The maximum atomic E-state index is 12.4. The van der Waals surface area contributed by atoms with Gasteiger partial charge in [-0.15, -0.1) is 0 Å². The van der Waals surface area contributed by atoms with Crippen molar-refractivity contribution in [3.63, 3.8) is 0 Å². The minimum Gasteiger partial charge on any atom is -0.354 e. The first kappa shape index (κ1) is 14.8. The number of amides is 1. The second kappa shape index (κ2) is 6.35. The average molecular weight is 298 g/mol. The number of carbonyl (C=O) groups is 1. The van der Waals surface area contributed by atoms with E-state index < -0.39 is 0 Å². The van der Waals surface area contributed by atoms with Gasteiger partial charge in [-0.3, -0.25) is 4.79 Å². The van der Waals surface area contributed by atoms with Gasteiger partial charge in [0, 0.05) is 37.8 Å². The highest BCUT2D eigenvalue weighted by Gasteiger charge is 2.30. The van der Waals surface area contributed by atoms with Gasteiger partial charge in [0.1, 0.15) is 11.9 Å². The standard InChI is InChI=1S/C17H22N4O/c1-13-6-7-15(12-18)16(19-13)20-8-3-9-21(11-10-20)17(22)14-4-2-5-14/h6-7,14H,2-5,8-11H2,1H3. The van der Waals surface area contributed by atoms with Gasteiger partial charge >= 0.3 is 0 Å². The van der Waals surface area contributed by atoms with Crippen LogP contribution < -0.4 is 4.90 Å². The first-order chi connectivity index (χ1) is 10.7. The van der Waals surface area contributed by atoms with Crippen molar-refractivity contribution >= 4 is 11.7 Å². The maximum absolute atomic E-state index is 12.4. The van der Waals surface area contributed by atoms with E-state index in [2.05, 4.69) is 16.0 Å². The summed E-state index contributed by atoms with van der Waals surface area (Å²) in [5, 5.41) is 9.28. The second-order valence-electron chi connectivity index (χ2n) is 6.23. The SMILES string of the molecule is Cc1ccc(C#N)c(N2CCCN(C(=O)C3CCC3)CC2)n1. The Morgan fingerprint density at radius 2 is 2.05 bits per heavy atom. The monoisotopic (exact) mass is 298 g/mol. The van der Waals surface area contributed by atoms with Crippen LogP contribution in [0.5, 0.6) is 0 Å². The van der Waals surface area contributed by atoms with E-state index in [-0.39, 0.29) is 5.92 Å². The van der Waals surface area contributed by atoms with Crippen LogP contribution in [0.4, 0.5) is 5.82 Å². The van der Waals surface area contributed by atoms with Gasteiger partial charge in [-0.05, 0) is 38.3 Å². The quantitative estimate of drug-likeness (QED) is 0.839. The van der Waals surface area contributed by atoms with E-state index in [1.54, 1.807) is 0 Å². The molecule has 0 N–H and O–H groups in total. The van der Waals surface area contributed by atoms with Gasteiger partial charge in [0.25, 0.3) is 0 Å². The zero-order chi connectivity index (χ0) is 15.5.